The van der Waals surface area contributed by atoms with Gasteiger partial charge >= 0.3 is 0 Å². The van der Waals surface area contributed by atoms with Crippen molar-refractivity contribution >= 4 is 0 Å². The van der Waals surface area contributed by atoms with Gasteiger partial charge in [-0.05, 0) is 50.3 Å². The van der Waals surface area contributed by atoms with Crippen LogP contribution in [-0.4, -0.2) is 43.2 Å². The second-order valence-electron chi connectivity index (χ2n) is 6.33. The Kier molecular flexibility index (Phi) is 4.27. The van der Waals surface area contributed by atoms with Crippen molar-refractivity contribution in [1.29, 1.82) is 0 Å². The molecule has 1 aromatic carbocycles. The fraction of sp³-hybridized carbons (Fsp3) is 0.647. The second-order valence-corrected chi connectivity index (χ2v) is 6.33. The summed E-state index contributed by atoms with van der Waals surface area (Å²) in [5.41, 5.74) is 1.38. The smallest absolute Gasteiger partial charge is 0.118 e. The molecular formula is C17H26N2O. The fourth-order valence-electron chi connectivity index (χ4n) is 3.27. The lowest BCUT2D eigenvalue weighted by molar-refractivity contribution is 0.313. The van der Waals surface area contributed by atoms with Crippen molar-refractivity contribution in [3.05, 3.63) is 29.8 Å². The molecule has 0 amide bonds. The third-order valence-electron chi connectivity index (χ3n) is 4.50. The van der Waals surface area contributed by atoms with E-state index in [0.717, 1.165) is 18.2 Å². The molecule has 3 rings (SSSR count). The number of nitrogens with one attached hydrogen (secondary N) is 1. The average molecular weight is 274 g/mol. The normalized spacial score (nSPS) is 24.8. The van der Waals surface area contributed by atoms with Crippen LogP contribution in [0.4, 0.5) is 0 Å². The van der Waals surface area contributed by atoms with Gasteiger partial charge < -0.3 is 10.1 Å². The SMILES string of the molecule is COc1ccc(CC(C)NC2CCN(C3CC3)C2)cc1. The summed E-state index contributed by atoms with van der Waals surface area (Å²) in [5.74, 6) is 0.935. The molecular weight excluding hydrogens is 248 g/mol. The number of hydrogen-bond acceptors (Lipinski definition) is 3. The van der Waals surface area contributed by atoms with Gasteiger partial charge in [-0.2, -0.15) is 0 Å². The van der Waals surface area contributed by atoms with Crippen LogP contribution in [0.15, 0.2) is 24.3 Å². The summed E-state index contributed by atoms with van der Waals surface area (Å²) in [7, 11) is 1.71. The molecule has 1 N–H and O–H groups in total. The van der Waals surface area contributed by atoms with E-state index in [9.17, 15) is 0 Å². The van der Waals surface area contributed by atoms with Gasteiger partial charge in [-0.3, -0.25) is 4.90 Å². The largest absolute Gasteiger partial charge is 0.497 e. The Hall–Kier alpha value is -1.06. The number of methoxy groups -OCH3 is 1. The summed E-state index contributed by atoms with van der Waals surface area (Å²) >= 11 is 0. The first kappa shape index (κ1) is 13.9. The van der Waals surface area contributed by atoms with Crippen molar-refractivity contribution in [1.82, 2.24) is 10.2 Å². The average Bonchev–Trinajstić information content (AvgIpc) is 3.20. The number of nitrogens with zero attached hydrogens (tertiary/aromatic N) is 1. The molecule has 0 spiro atoms. The molecule has 1 aliphatic heterocycles. The first-order valence-corrected chi connectivity index (χ1v) is 7.87. The van der Waals surface area contributed by atoms with E-state index in [0.29, 0.717) is 12.1 Å². The van der Waals surface area contributed by atoms with Gasteiger partial charge in [-0.15, -0.1) is 0 Å². The number of benzene rings is 1. The molecule has 0 aromatic heterocycles. The Morgan fingerprint density at radius 3 is 2.65 bits per heavy atom. The highest BCUT2D eigenvalue weighted by Crippen LogP contribution is 2.29. The van der Waals surface area contributed by atoms with Crippen LogP contribution in [0.3, 0.4) is 0 Å². The van der Waals surface area contributed by atoms with Crippen LogP contribution < -0.4 is 10.1 Å². The van der Waals surface area contributed by atoms with Crippen molar-refractivity contribution in [2.24, 2.45) is 0 Å². The molecule has 3 heteroatoms. The lowest BCUT2D eigenvalue weighted by Gasteiger charge is -2.20. The molecule has 110 valence electrons. The molecule has 1 saturated carbocycles. The molecule has 3 nitrogen and oxygen atoms in total. The predicted octanol–water partition coefficient (Wildman–Crippen LogP) is 2.45. The maximum Gasteiger partial charge on any atom is 0.118 e. The molecule has 2 aliphatic rings. The van der Waals surface area contributed by atoms with Gasteiger partial charge in [0.25, 0.3) is 0 Å². The fourth-order valence-corrected chi connectivity index (χ4v) is 3.27. The Bertz CT molecular complexity index is 427. The van der Waals surface area contributed by atoms with Crippen molar-refractivity contribution in [3.8, 4) is 5.75 Å². The van der Waals surface area contributed by atoms with Crippen molar-refractivity contribution in [2.75, 3.05) is 20.2 Å². The monoisotopic (exact) mass is 274 g/mol. The second kappa shape index (κ2) is 6.15. The topological polar surface area (TPSA) is 24.5 Å². The molecule has 0 bridgehead atoms. The highest BCUT2D eigenvalue weighted by Gasteiger charge is 2.34. The molecule has 2 unspecified atom stereocenters. The number of hydrogen-bond donors (Lipinski definition) is 1. The summed E-state index contributed by atoms with van der Waals surface area (Å²) in [6.45, 7) is 4.83. The molecule has 1 heterocycles. The zero-order valence-electron chi connectivity index (χ0n) is 12.6. The van der Waals surface area contributed by atoms with E-state index >= 15 is 0 Å². The van der Waals surface area contributed by atoms with Gasteiger partial charge in [0, 0.05) is 31.2 Å². The third kappa shape index (κ3) is 3.53. The summed E-state index contributed by atoms with van der Waals surface area (Å²) < 4.78 is 5.20. The van der Waals surface area contributed by atoms with Gasteiger partial charge in [0.05, 0.1) is 7.11 Å². The Balaban J connectivity index is 1.45. The highest BCUT2D eigenvalue weighted by atomic mass is 16.5. The Morgan fingerprint density at radius 1 is 1.25 bits per heavy atom. The van der Waals surface area contributed by atoms with Crippen LogP contribution >= 0.6 is 0 Å². The van der Waals surface area contributed by atoms with E-state index in [4.69, 9.17) is 4.74 Å². The van der Waals surface area contributed by atoms with Crippen LogP contribution in [0.5, 0.6) is 5.75 Å². The van der Waals surface area contributed by atoms with Crippen molar-refractivity contribution in [3.63, 3.8) is 0 Å². The van der Waals surface area contributed by atoms with Crippen LogP contribution in [-0.2, 0) is 6.42 Å². The minimum atomic E-state index is 0.535. The summed E-state index contributed by atoms with van der Waals surface area (Å²) in [5, 5.41) is 3.80. The highest BCUT2D eigenvalue weighted by molar-refractivity contribution is 5.27. The minimum absolute atomic E-state index is 0.535. The first-order valence-electron chi connectivity index (χ1n) is 7.87. The standard InChI is InChI=1S/C17H26N2O/c1-13(11-14-3-7-17(20-2)8-4-14)18-15-9-10-19(12-15)16-5-6-16/h3-4,7-8,13,15-16,18H,5-6,9-12H2,1-2H3. The van der Waals surface area contributed by atoms with E-state index in [1.165, 1.54) is 37.9 Å². The molecule has 2 fully saturated rings. The maximum atomic E-state index is 5.20. The molecule has 2 atom stereocenters. The van der Waals surface area contributed by atoms with Gasteiger partial charge in [-0.1, -0.05) is 12.1 Å². The summed E-state index contributed by atoms with van der Waals surface area (Å²) in [4.78, 5) is 2.66. The zero-order valence-corrected chi connectivity index (χ0v) is 12.6. The summed E-state index contributed by atoms with van der Waals surface area (Å²) in [6.07, 6.45) is 5.25. The Labute approximate surface area is 122 Å². The predicted molar refractivity (Wildman–Crippen MR) is 82.3 cm³/mol. The zero-order chi connectivity index (χ0) is 13.9. The molecule has 1 aromatic rings. The third-order valence-corrected chi connectivity index (χ3v) is 4.50. The minimum Gasteiger partial charge on any atom is -0.497 e. The van der Waals surface area contributed by atoms with Crippen LogP contribution in [0.1, 0.15) is 31.7 Å². The lowest BCUT2D eigenvalue weighted by Crippen LogP contribution is -2.39. The molecule has 1 saturated heterocycles. The number of rotatable bonds is 6. The molecule has 0 radical (unpaired) electrons. The van der Waals surface area contributed by atoms with Crippen molar-refractivity contribution < 1.29 is 4.74 Å². The van der Waals surface area contributed by atoms with Crippen LogP contribution in [0.25, 0.3) is 0 Å². The quantitative estimate of drug-likeness (QED) is 0.862. The maximum absolute atomic E-state index is 5.20. The Morgan fingerprint density at radius 2 is 2.00 bits per heavy atom. The molecule has 20 heavy (non-hydrogen) atoms. The summed E-state index contributed by atoms with van der Waals surface area (Å²) in [6, 6.07) is 10.6. The first-order chi connectivity index (χ1) is 9.74. The van der Waals surface area contributed by atoms with E-state index in [2.05, 4.69) is 29.3 Å². The van der Waals surface area contributed by atoms with Crippen LogP contribution in [0.2, 0.25) is 0 Å². The van der Waals surface area contributed by atoms with Gasteiger partial charge in [0.15, 0.2) is 0 Å². The van der Waals surface area contributed by atoms with Crippen molar-refractivity contribution in [2.45, 2.75) is 50.7 Å². The van der Waals surface area contributed by atoms with Gasteiger partial charge in [-0.25, -0.2) is 0 Å². The van der Waals surface area contributed by atoms with Gasteiger partial charge in [0.2, 0.25) is 0 Å². The van der Waals surface area contributed by atoms with E-state index in [1.807, 2.05) is 12.1 Å². The van der Waals surface area contributed by atoms with Crippen LogP contribution in [0, 0.1) is 0 Å². The number of ether oxygens (including phenoxy) is 1. The lowest BCUT2D eigenvalue weighted by atomic mass is 10.1. The van der Waals surface area contributed by atoms with E-state index in [-0.39, 0.29) is 0 Å². The van der Waals surface area contributed by atoms with E-state index < -0.39 is 0 Å². The molecule has 1 aliphatic carbocycles. The van der Waals surface area contributed by atoms with E-state index in [1.54, 1.807) is 7.11 Å². The number of likely N-dealkylation sites (tertiary alicyclic amines) is 1. The van der Waals surface area contributed by atoms with Gasteiger partial charge in [0.1, 0.15) is 5.75 Å².